The number of carbonyl (C=O) groups is 3. The highest BCUT2D eigenvalue weighted by molar-refractivity contribution is 9.10. The van der Waals surface area contributed by atoms with E-state index in [4.69, 9.17) is 11.5 Å². The van der Waals surface area contributed by atoms with Gasteiger partial charge in [0, 0.05) is 22.4 Å². The summed E-state index contributed by atoms with van der Waals surface area (Å²) in [5.74, 6) is -2.37. The Balaban J connectivity index is 2.12. The number of aliphatic carboxylic acids is 1. The second-order valence-electron chi connectivity index (χ2n) is 8.83. The topological polar surface area (TPSA) is 148 Å². The number of Topliss-reactive ketones (excluding diaryl/α,β-unsaturated/α-hetero) is 1. The van der Waals surface area contributed by atoms with Gasteiger partial charge in [-0.3, -0.25) is 14.4 Å². The van der Waals surface area contributed by atoms with Gasteiger partial charge in [0.25, 0.3) is 5.91 Å². The van der Waals surface area contributed by atoms with Gasteiger partial charge in [0.2, 0.25) is 0 Å². The van der Waals surface area contributed by atoms with Crippen molar-refractivity contribution < 1.29 is 19.5 Å². The maximum Gasteiger partial charge on any atom is 0.303 e. The Morgan fingerprint density at radius 2 is 1.79 bits per heavy atom. The Hall–Kier alpha value is -3.20. The minimum Gasteiger partial charge on any atom is -0.481 e. The summed E-state index contributed by atoms with van der Waals surface area (Å²) in [6.07, 6.45) is -0.207. The van der Waals surface area contributed by atoms with Gasteiger partial charge in [-0.15, -0.1) is 0 Å². The van der Waals surface area contributed by atoms with Crippen LogP contribution in [0.4, 0.5) is 5.69 Å². The van der Waals surface area contributed by atoms with Gasteiger partial charge < -0.3 is 21.9 Å². The minimum absolute atomic E-state index is 0.0132. The predicted octanol–water partition coefficient (Wildman–Crippen LogP) is 3.60. The third-order valence-electron chi connectivity index (χ3n) is 4.97. The lowest BCUT2D eigenvalue weighted by Gasteiger charge is -2.23. The molecule has 2 aromatic carbocycles. The standard InChI is InChI=1S/C24H29BrN4O4/c1-24(2,3)17-7-15(8-18(25)12-17)16(11-21(31)32)10-20(30)13-28-22(33)14-5-4-6-19(9-14)29-23(26)27/h4-9,12,16H,10-11,13H2,1-3H3,(H,28,33)(H,31,32)(H4,26,27,29)/t16-/m0/s1. The molecule has 0 heterocycles. The van der Waals surface area contributed by atoms with Crippen LogP contribution >= 0.6 is 15.9 Å². The number of nitrogens with two attached hydrogens (primary N) is 2. The molecule has 0 aliphatic carbocycles. The van der Waals surface area contributed by atoms with Crippen molar-refractivity contribution in [2.75, 3.05) is 6.54 Å². The molecule has 0 spiro atoms. The number of carbonyl (C=O) groups excluding carboxylic acids is 2. The van der Waals surface area contributed by atoms with Crippen LogP contribution in [0.3, 0.4) is 0 Å². The molecule has 0 aromatic heterocycles. The molecule has 0 aliphatic rings. The molecule has 9 heteroatoms. The fourth-order valence-corrected chi connectivity index (χ4v) is 3.80. The van der Waals surface area contributed by atoms with Gasteiger partial charge in [0.05, 0.1) is 18.7 Å². The lowest BCUT2D eigenvalue weighted by molar-refractivity contribution is -0.137. The highest BCUT2D eigenvalue weighted by Gasteiger charge is 2.23. The number of halogens is 1. The number of ketones is 1. The SMILES string of the molecule is CC(C)(C)c1cc(Br)cc([C@H](CC(=O)O)CC(=O)CNC(=O)c2cccc(N=C(N)N)c2)c1. The Labute approximate surface area is 201 Å². The van der Waals surface area contributed by atoms with E-state index in [1.165, 1.54) is 6.07 Å². The molecule has 1 atom stereocenters. The number of benzene rings is 2. The third-order valence-corrected chi connectivity index (χ3v) is 5.42. The number of hydrogen-bond donors (Lipinski definition) is 4. The third kappa shape index (κ3) is 8.34. The molecule has 0 saturated heterocycles. The molecule has 0 aliphatic heterocycles. The van der Waals surface area contributed by atoms with E-state index < -0.39 is 17.8 Å². The number of nitrogens with zero attached hydrogens (tertiary/aromatic N) is 1. The largest absolute Gasteiger partial charge is 0.481 e. The van der Waals surface area contributed by atoms with Crippen molar-refractivity contribution in [1.82, 2.24) is 5.32 Å². The second kappa shape index (κ2) is 11.1. The number of nitrogens with one attached hydrogen (secondary N) is 1. The van der Waals surface area contributed by atoms with Crippen molar-refractivity contribution >= 4 is 45.2 Å². The van der Waals surface area contributed by atoms with Crippen LogP contribution in [-0.2, 0) is 15.0 Å². The lowest BCUT2D eigenvalue weighted by Crippen LogP contribution is -2.30. The van der Waals surface area contributed by atoms with Crippen molar-refractivity contribution in [3.05, 3.63) is 63.6 Å². The minimum atomic E-state index is -0.995. The summed E-state index contributed by atoms with van der Waals surface area (Å²) < 4.78 is 0.821. The summed E-state index contributed by atoms with van der Waals surface area (Å²) in [6, 6.07) is 12.1. The van der Waals surface area contributed by atoms with Crippen LogP contribution in [0, 0.1) is 0 Å². The summed E-state index contributed by atoms with van der Waals surface area (Å²) >= 11 is 3.49. The van der Waals surface area contributed by atoms with Gasteiger partial charge in [-0.1, -0.05) is 48.8 Å². The van der Waals surface area contributed by atoms with E-state index in [1.54, 1.807) is 18.2 Å². The molecule has 33 heavy (non-hydrogen) atoms. The van der Waals surface area contributed by atoms with Crippen LogP contribution in [0.15, 0.2) is 51.9 Å². The maximum atomic E-state index is 12.6. The predicted molar refractivity (Wildman–Crippen MR) is 132 cm³/mol. The number of carboxylic acids is 1. The molecular formula is C24H29BrN4O4. The number of hydrogen-bond acceptors (Lipinski definition) is 4. The normalized spacial score (nSPS) is 12.0. The molecule has 176 valence electrons. The van der Waals surface area contributed by atoms with Gasteiger partial charge in [-0.05, 0) is 46.9 Å². The summed E-state index contributed by atoms with van der Waals surface area (Å²) in [6.45, 7) is 5.97. The molecule has 8 nitrogen and oxygen atoms in total. The van der Waals surface area contributed by atoms with E-state index in [0.29, 0.717) is 11.3 Å². The van der Waals surface area contributed by atoms with Gasteiger partial charge >= 0.3 is 5.97 Å². The molecule has 0 radical (unpaired) electrons. The first-order valence-electron chi connectivity index (χ1n) is 10.4. The lowest BCUT2D eigenvalue weighted by atomic mass is 9.83. The van der Waals surface area contributed by atoms with E-state index in [9.17, 15) is 19.5 Å². The van der Waals surface area contributed by atoms with Crippen LogP contribution in [0.1, 0.15) is 61.0 Å². The zero-order chi connectivity index (χ0) is 24.8. The van der Waals surface area contributed by atoms with Crippen molar-refractivity contribution in [2.45, 2.75) is 44.9 Å². The molecule has 1 amide bonds. The monoisotopic (exact) mass is 516 g/mol. The number of guanidine groups is 1. The highest BCUT2D eigenvalue weighted by atomic mass is 79.9. The summed E-state index contributed by atoms with van der Waals surface area (Å²) in [5.41, 5.74) is 13.1. The molecule has 0 bridgehead atoms. The van der Waals surface area contributed by atoms with Gasteiger partial charge in [-0.2, -0.15) is 0 Å². The summed E-state index contributed by atoms with van der Waals surface area (Å²) in [7, 11) is 0. The molecule has 0 saturated carbocycles. The second-order valence-corrected chi connectivity index (χ2v) is 9.75. The zero-order valence-corrected chi connectivity index (χ0v) is 20.5. The first-order chi connectivity index (χ1) is 15.3. The van der Waals surface area contributed by atoms with Crippen LogP contribution in [0.5, 0.6) is 0 Å². The summed E-state index contributed by atoms with van der Waals surface area (Å²) in [4.78, 5) is 40.5. The molecule has 2 rings (SSSR count). The van der Waals surface area contributed by atoms with E-state index in [0.717, 1.165) is 15.6 Å². The van der Waals surface area contributed by atoms with Gasteiger partial charge in [0.1, 0.15) is 0 Å². The van der Waals surface area contributed by atoms with Gasteiger partial charge in [-0.25, -0.2) is 4.99 Å². The van der Waals surface area contributed by atoms with Crippen LogP contribution in [0.2, 0.25) is 0 Å². The number of amides is 1. The Bertz CT molecular complexity index is 1070. The fraction of sp³-hybridized carbons (Fsp3) is 0.333. The first-order valence-corrected chi connectivity index (χ1v) is 11.2. The number of carboxylic acid groups (broad SMARTS) is 1. The first kappa shape index (κ1) is 26.1. The van der Waals surface area contributed by atoms with Crippen LogP contribution in [0.25, 0.3) is 0 Å². The average Bonchev–Trinajstić information content (AvgIpc) is 2.69. The van der Waals surface area contributed by atoms with Crippen LogP contribution in [-0.4, -0.2) is 35.3 Å². The Kier molecular flexibility index (Phi) is 8.76. The fourth-order valence-electron chi connectivity index (χ4n) is 3.29. The number of rotatable bonds is 9. The van der Waals surface area contributed by atoms with E-state index in [-0.39, 0.29) is 36.5 Å². The van der Waals surface area contributed by atoms with Crippen molar-refractivity contribution in [2.24, 2.45) is 16.5 Å². The van der Waals surface area contributed by atoms with Crippen LogP contribution < -0.4 is 16.8 Å². The Morgan fingerprint density at radius 3 is 2.39 bits per heavy atom. The molecule has 0 fully saturated rings. The average molecular weight is 517 g/mol. The molecular weight excluding hydrogens is 488 g/mol. The maximum absolute atomic E-state index is 12.6. The molecule has 2 aromatic rings. The summed E-state index contributed by atoms with van der Waals surface area (Å²) in [5, 5.41) is 12.0. The van der Waals surface area contributed by atoms with Crippen molar-refractivity contribution in [1.29, 1.82) is 0 Å². The smallest absolute Gasteiger partial charge is 0.303 e. The van der Waals surface area contributed by atoms with E-state index in [2.05, 4.69) is 47.0 Å². The highest BCUT2D eigenvalue weighted by Crippen LogP contribution is 2.32. The molecule has 6 N–H and O–H groups in total. The Morgan fingerprint density at radius 1 is 1.09 bits per heavy atom. The quantitative estimate of drug-likeness (QED) is 0.295. The molecule has 0 unspecified atom stereocenters. The number of aliphatic imine (C=N–C) groups is 1. The van der Waals surface area contributed by atoms with E-state index in [1.807, 2.05) is 18.2 Å². The van der Waals surface area contributed by atoms with E-state index >= 15 is 0 Å². The van der Waals surface area contributed by atoms with Gasteiger partial charge in [0.15, 0.2) is 11.7 Å². The van der Waals surface area contributed by atoms with Crippen molar-refractivity contribution in [3.8, 4) is 0 Å². The zero-order valence-electron chi connectivity index (χ0n) is 18.9. The van der Waals surface area contributed by atoms with Crippen molar-refractivity contribution in [3.63, 3.8) is 0 Å².